The molecule has 1 aliphatic heterocycles. The van der Waals surface area contributed by atoms with Gasteiger partial charge in [-0.2, -0.15) is 0 Å². The van der Waals surface area contributed by atoms with Crippen LogP contribution in [0.2, 0.25) is 0 Å². The van der Waals surface area contributed by atoms with E-state index in [0.29, 0.717) is 17.1 Å². The predicted octanol–water partition coefficient (Wildman–Crippen LogP) is 2.72. The quantitative estimate of drug-likeness (QED) is 0.808. The molecule has 2 rings (SSSR count). The number of ether oxygens (including phenoxy) is 1. The number of carbonyl (C=O) groups excluding carboxylic acids is 2. The van der Waals surface area contributed by atoms with E-state index < -0.39 is 5.60 Å². The molecule has 2 aliphatic rings. The molecule has 1 unspecified atom stereocenters. The van der Waals surface area contributed by atoms with Gasteiger partial charge in [0.05, 0.1) is 5.57 Å². The summed E-state index contributed by atoms with van der Waals surface area (Å²) in [4.78, 5) is 24.5. The number of nitrogens with one attached hydrogen (secondary N) is 1. The molecule has 112 valence electrons. The van der Waals surface area contributed by atoms with Crippen molar-refractivity contribution in [2.24, 2.45) is 5.92 Å². The summed E-state index contributed by atoms with van der Waals surface area (Å²) in [6, 6.07) is 0.109. The first-order chi connectivity index (χ1) is 9.39. The molecule has 1 spiro atoms. The fourth-order valence-electron chi connectivity index (χ4n) is 3.10. The Hall–Kier alpha value is -1.32. The summed E-state index contributed by atoms with van der Waals surface area (Å²) in [5.74, 6) is 0.185. The average molecular weight is 279 g/mol. The Morgan fingerprint density at radius 1 is 1.45 bits per heavy atom. The van der Waals surface area contributed by atoms with Crippen LogP contribution < -0.4 is 5.32 Å². The van der Waals surface area contributed by atoms with Gasteiger partial charge in [0.2, 0.25) is 0 Å². The third kappa shape index (κ3) is 2.60. The second kappa shape index (κ2) is 5.58. The van der Waals surface area contributed by atoms with Crippen LogP contribution in [-0.2, 0) is 14.3 Å². The largest absolute Gasteiger partial charge is 0.451 e. The van der Waals surface area contributed by atoms with E-state index >= 15 is 0 Å². The molecule has 0 aromatic rings. The smallest absolute Gasteiger partial charge is 0.335 e. The van der Waals surface area contributed by atoms with Crippen LogP contribution in [0.25, 0.3) is 0 Å². The highest BCUT2D eigenvalue weighted by Crippen LogP contribution is 2.45. The molecule has 0 aromatic heterocycles. The summed E-state index contributed by atoms with van der Waals surface area (Å²) in [6.07, 6.45) is 4.40. The van der Waals surface area contributed by atoms with Crippen molar-refractivity contribution in [3.05, 3.63) is 11.1 Å². The predicted molar refractivity (Wildman–Crippen MR) is 77.1 cm³/mol. The Balaban J connectivity index is 2.26. The van der Waals surface area contributed by atoms with E-state index in [1.807, 2.05) is 13.8 Å². The molecule has 4 heteroatoms. The van der Waals surface area contributed by atoms with Gasteiger partial charge in [0.1, 0.15) is 5.60 Å². The van der Waals surface area contributed by atoms with Gasteiger partial charge in [0.25, 0.3) is 5.91 Å². The van der Waals surface area contributed by atoms with E-state index in [4.69, 9.17) is 4.74 Å². The Kier molecular flexibility index (Phi) is 4.21. The molecule has 0 aromatic carbocycles. The lowest BCUT2D eigenvalue weighted by Gasteiger charge is -2.36. The minimum atomic E-state index is -0.661. The molecule has 1 aliphatic carbocycles. The first kappa shape index (κ1) is 15.1. The third-order valence-corrected chi connectivity index (χ3v) is 4.72. The number of esters is 1. The fourth-order valence-corrected chi connectivity index (χ4v) is 3.10. The van der Waals surface area contributed by atoms with Crippen LogP contribution in [0.3, 0.4) is 0 Å². The number of carbonyl (C=O) groups is 2. The van der Waals surface area contributed by atoms with Gasteiger partial charge in [-0.15, -0.1) is 0 Å². The zero-order chi connectivity index (χ0) is 14.9. The molecule has 1 N–H and O–H groups in total. The third-order valence-electron chi connectivity index (χ3n) is 4.72. The van der Waals surface area contributed by atoms with Crippen molar-refractivity contribution in [2.75, 3.05) is 0 Å². The standard InChI is InChI=1S/C16H25NO3/c1-5-11(3)17-14(18)13-12(4)15(19)20-16(13)8-6-10(2)7-9-16/h10-11H,5-9H2,1-4H3,(H,17,18). The maximum atomic E-state index is 12.5. The van der Waals surface area contributed by atoms with Crippen LogP contribution in [-0.4, -0.2) is 23.5 Å². The maximum absolute atomic E-state index is 12.5. The zero-order valence-electron chi connectivity index (χ0n) is 12.9. The lowest BCUT2D eigenvalue weighted by Crippen LogP contribution is -2.44. The summed E-state index contributed by atoms with van der Waals surface area (Å²) in [5, 5.41) is 2.98. The summed E-state index contributed by atoms with van der Waals surface area (Å²) in [7, 11) is 0. The molecule has 0 saturated heterocycles. The van der Waals surface area contributed by atoms with Crippen LogP contribution in [0.15, 0.2) is 11.1 Å². The molecular weight excluding hydrogens is 254 g/mol. The number of amides is 1. The number of hydrogen-bond acceptors (Lipinski definition) is 3. The normalized spacial score (nSPS) is 31.4. The van der Waals surface area contributed by atoms with Crippen molar-refractivity contribution in [3.63, 3.8) is 0 Å². The van der Waals surface area contributed by atoms with E-state index in [1.165, 1.54) is 0 Å². The summed E-state index contributed by atoms with van der Waals surface area (Å²) in [6.45, 7) is 7.92. The summed E-state index contributed by atoms with van der Waals surface area (Å²) < 4.78 is 5.63. The van der Waals surface area contributed by atoms with Crippen molar-refractivity contribution in [1.29, 1.82) is 0 Å². The van der Waals surface area contributed by atoms with Crippen molar-refractivity contribution < 1.29 is 14.3 Å². The van der Waals surface area contributed by atoms with Gasteiger partial charge in [0.15, 0.2) is 0 Å². The fraction of sp³-hybridized carbons (Fsp3) is 0.750. The second-order valence-electron chi connectivity index (χ2n) is 6.35. The highest BCUT2D eigenvalue weighted by atomic mass is 16.6. The van der Waals surface area contributed by atoms with Crippen molar-refractivity contribution in [3.8, 4) is 0 Å². The Morgan fingerprint density at radius 3 is 2.60 bits per heavy atom. The van der Waals surface area contributed by atoms with Gasteiger partial charge in [-0.05, 0) is 51.9 Å². The molecule has 0 radical (unpaired) electrons. The van der Waals surface area contributed by atoms with Gasteiger partial charge in [-0.25, -0.2) is 4.79 Å². The van der Waals surface area contributed by atoms with Gasteiger partial charge in [0, 0.05) is 11.6 Å². The summed E-state index contributed by atoms with van der Waals surface area (Å²) >= 11 is 0. The van der Waals surface area contributed by atoms with Crippen molar-refractivity contribution in [2.45, 2.75) is 71.4 Å². The molecule has 1 atom stereocenters. The monoisotopic (exact) mass is 279 g/mol. The van der Waals surface area contributed by atoms with E-state index in [0.717, 1.165) is 32.1 Å². The van der Waals surface area contributed by atoms with E-state index in [2.05, 4.69) is 12.2 Å². The number of hydrogen-bond donors (Lipinski definition) is 1. The molecule has 20 heavy (non-hydrogen) atoms. The van der Waals surface area contributed by atoms with Crippen LogP contribution in [0, 0.1) is 5.92 Å². The van der Waals surface area contributed by atoms with Crippen LogP contribution in [0.5, 0.6) is 0 Å². The Bertz CT molecular complexity index is 445. The lowest BCUT2D eigenvalue weighted by molar-refractivity contribution is -0.150. The van der Waals surface area contributed by atoms with Crippen LogP contribution in [0.1, 0.15) is 59.8 Å². The topological polar surface area (TPSA) is 55.4 Å². The minimum absolute atomic E-state index is 0.109. The van der Waals surface area contributed by atoms with Gasteiger partial charge < -0.3 is 10.1 Å². The molecule has 1 amide bonds. The molecule has 1 saturated carbocycles. The Labute approximate surface area is 120 Å². The van der Waals surface area contributed by atoms with Gasteiger partial charge in [-0.3, -0.25) is 4.79 Å². The van der Waals surface area contributed by atoms with E-state index in [1.54, 1.807) is 6.92 Å². The molecule has 0 bridgehead atoms. The second-order valence-corrected chi connectivity index (χ2v) is 6.35. The SMILES string of the molecule is CCC(C)NC(=O)C1=C(C)C(=O)OC12CCC(C)CC2. The lowest BCUT2D eigenvalue weighted by atomic mass is 9.75. The average Bonchev–Trinajstić information content (AvgIpc) is 2.65. The highest BCUT2D eigenvalue weighted by Gasteiger charge is 2.50. The maximum Gasteiger partial charge on any atom is 0.335 e. The highest BCUT2D eigenvalue weighted by molar-refractivity contribution is 6.07. The van der Waals surface area contributed by atoms with Gasteiger partial charge >= 0.3 is 5.97 Å². The first-order valence-electron chi connectivity index (χ1n) is 7.65. The molecule has 1 heterocycles. The first-order valence-corrected chi connectivity index (χ1v) is 7.65. The van der Waals surface area contributed by atoms with Crippen LogP contribution in [0.4, 0.5) is 0 Å². The van der Waals surface area contributed by atoms with Gasteiger partial charge in [-0.1, -0.05) is 13.8 Å². The van der Waals surface area contributed by atoms with Crippen molar-refractivity contribution >= 4 is 11.9 Å². The minimum Gasteiger partial charge on any atom is -0.451 e. The molecule has 4 nitrogen and oxygen atoms in total. The Morgan fingerprint density at radius 2 is 2.05 bits per heavy atom. The summed E-state index contributed by atoms with van der Waals surface area (Å²) in [5.41, 5.74) is 0.403. The van der Waals surface area contributed by atoms with E-state index in [9.17, 15) is 9.59 Å². The van der Waals surface area contributed by atoms with Crippen molar-refractivity contribution in [1.82, 2.24) is 5.32 Å². The zero-order valence-corrected chi connectivity index (χ0v) is 12.9. The van der Waals surface area contributed by atoms with E-state index in [-0.39, 0.29) is 17.9 Å². The molecule has 1 fully saturated rings. The molecular formula is C16H25NO3. The number of rotatable bonds is 3. The van der Waals surface area contributed by atoms with Crippen LogP contribution >= 0.6 is 0 Å².